The first-order valence-electron chi connectivity index (χ1n) is 5.77. The van der Waals surface area contributed by atoms with Crippen molar-refractivity contribution in [3.8, 4) is 11.1 Å². The Morgan fingerprint density at radius 3 is 2.28 bits per heavy atom. The fourth-order valence-corrected chi connectivity index (χ4v) is 3.06. The molecule has 0 saturated carbocycles. The summed E-state index contributed by atoms with van der Waals surface area (Å²) < 4.78 is 0.828. The van der Waals surface area contributed by atoms with Crippen LogP contribution in [-0.4, -0.2) is 5.11 Å². The second-order valence-corrected chi connectivity index (χ2v) is 5.70. The lowest BCUT2D eigenvalue weighted by Gasteiger charge is -2.24. The normalized spacial score (nSPS) is 11.6. The summed E-state index contributed by atoms with van der Waals surface area (Å²) in [6, 6.07) is 13.6. The fourth-order valence-electron chi connectivity index (χ4n) is 2.09. The zero-order chi connectivity index (χ0) is 13.3. The third kappa shape index (κ3) is 2.57. The second kappa shape index (κ2) is 4.75. The van der Waals surface area contributed by atoms with Crippen molar-refractivity contribution < 1.29 is 5.11 Å². The van der Waals surface area contributed by atoms with Gasteiger partial charge in [0.15, 0.2) is 0 Å². The summed E-state index contributed by atoms with van der Waals surface area (Å²) in [5.74, 6) is 0. The molecular weight excluding hydrogens is 290 g/mol. The molecule has 0 aliphatic carbocycles. The van der Waals surface area contributed by atoms with Crippen molar-refractivity contribution in [1.29, 1.82) is 0 Å². The molecule has 3 heteroatoms. The maximum atomic E-state index is 10.3. The Morgan fingerprint density at radius 2 is 1.72 bits per heavy atom. The molecule has 0 unspecified atom stereocenters. The van der Waals surface area contributed by atoms with E-state index in [0.29, 0.717) is 5.69 Å². The molecule has 0 amide bonds. The van der Waals surface area contributed by atoms with Gasteiger partial charge in [0.2, 0.25) is 0 Å². The van der Waals surface area contributed by atoms with E-state index in [1.165, 1.54) is 0 Å². The summed E-state index contributed by atoms with van der Waals surface area (Å²) >= 11 is 3.49. The minimum atomic E-state index is -0.933. The lowest BCUT2D eigenvalue weighted by molar-refractivity contribution is 0.0785. The molecule has 3 N–H and O–H groups in total. The van der Waals surface area contributed by atoms with Crippen molar-refractivity contribution in [3.63, 3.8) is 0 Å². The highest BCUT2D eigenvalue weighted by atomic mass is 79.9. The van der Waals surface area contributed by atoms with E-state index < -0.39 is 5.60 Å². The number of aliphatic hydroxyl groups is 1. The van der Waals surface area contributed by atoms with Crippen molar-refractivity contribution in [2.75, 3.05) is 5.73 Å². The molecule has 18 heavy (non-hydrogen) atoms. The van der Waals surface area contributed by atoms with Crippen LogP contribution in [0.1, 0.15) is 19.4 Å². The van der Waals surface area contributed by atoms with E-state index in [1.807, 2.05) is 42.5 Å². The Balaban J connectivity index is 2.74. The number of hydrogen-bond acceptors (Lipinski definition) is 2. The van der Waals surface area contributed by atoms with E-state index in [-0.39, 0.29) is 0 Å². The lowest BCUT2D eigenvalue weighted by Crippen LogP contribution is -2.18. The van der Waals surface area contributed by atoms with Gasteiger partial charge in [0.05, 0.1) is 5.60 Å². The smallest absolute Gasteiger partial charge is 0.0857 e. The Morgan fingerprint density at radius 1 is 1.11 bits per heavy atom. The van der Waals surface area contributed by atoms with Gasteiger partial charge in [-0.2, -0.15) is 0 Å². The summed E-state index contributed by atoms with van der Waals surface area (Å²) in [7, 11) is 0. The van der Waals surface area contributed by atoms with Gasteiger partial charge in [-0.25, -0.2) is 0 Å². The fraction of sp³-hybridized carbons (Fsp3) is 0.200. The van der Waals surface area contributed by atoms with Crippen molar-refractivity contribution in [2.24, 2.45) is 0 Å². The quantitative estimate of drug-likeness (QED) is 0.826. The number of nitrogens with two attached hydrogens (primary N) is 1. The molecule has 0 heterocycles. The molecule has 2 rings (SSSR count). The Labute approximate surface area is 116 Å². The van der Waals surface area contributed by atoms with E-state index in [4.69, 9.17) is 5.73 Å². The summed E-state index contributed by atoms with van der Waals surface area (Å²) in [6.45, 7) is 3.55. The lowest BCUT2D eigenvalue weighted by atomic mass is 9.89. The number of rotatable bonds is 2. The van der Waals surface area contributed by atoms with Crippen molar-refractivity contribution in [3.05, 3.63) is 52.5 Å². The zero-order valence-corrected chi connectivity index (χ0v) is 12.0. The van der Waals surface area contributed by atoms with E-state index in [1.54, 1.807) is 13.8 Å². The highest BCUT2D eigenvalue weighted by molar-refractivity contribution is 9.10. The van der Waals surface area contributed by atoms with Crippen LogP contribution in [0.5, 0.6) is 0 Å². The predicted molar refractivity (Wildman–Crippen MR) is 79.2 cm³/mol. The third-order valence-electron chi connectivity index (χ3n) is 2.81. The Kier molecular flexibility index (Phi) is 3.46. The van der Waals surface area contributed by atoms with Crippen molar-refractivity contribution in [1.82, 2.24) is 0 Å². The number of benzene rings is 2. The van der Waals surface area contributed by atoms with Gasteiger partial charge in [0.25, 0.3) is 0 Å². The summed E-state index contributed by atoms with van der Waals surface area (Å²) in [5.41, 5.74) is 8.49. The van der Waals surface area contributed by atoms with Crippen molar-refractivity contribution in [2.45, 2.75) is 19.4 Å². The first kappa shape index (κ1) is 13.1. The monoisotopic (exact) mass is 305 g/mol. The molecule has 0 aliphatic rings. The minimum Gasteiger partial charge on any atom is -0.399 e. The first-order chi connectivity index (χ1) is 8.39. The highest BCUT2D eigenvalue weighted by Crippen LogP contribution is 2.38. The van der Waals surface area contributed by atoms with Gasteiger partial charge < -0.3 is 10.8 Å². The van der Waals surface area contributed by atoms with Gasteiger partial charge in [-0.1, -0.05) is 46.3 Å². The standard InChI is InChI=1S/C15H16BrNO/c1-15(2,18)14-12(8-11(17)9-13(14)16)10-6-4-3-5-7-10/h3-9,18H,17H2,1-2H3. The molecular formula is C15H16BrNO. The van der Waals surface area contributed by atoms with Crippen LogP contribution in [0.15, 0.2) is 46.9 Å². The van der Waals surface area contributed by atoms with Gasteiger partial charge in [0, 0.05) is 15.7 Å². The SMILES string of the molecule is CC(C)(O)c1c(Br)cc(N)cc1-c1ccccc1. The van der Waals surface area contributed by atoms with Crippen LogP contribution >= 0.6 is 15.9 Å². The molecule has 0 fully saturated rings. The van der Waals surface area contributed by atoms with Gasteiger partial charge in [-0.05, 0) is 37.1 Å². The first-order valence-corrected chi connectivity index (χ1v) is 6.56. The van der Waals surface area contributed by atoms with Crippen LogP contribution < -0.4 is 5.73 Å². The van der Waals surface area contributed by atoms with Crippen LogP contribution in [0.4, 0.5) is 5.69 Å². The Bertz CT molecular complexity index is 559. The van der Waals surface area contributed by atoms with Gasteiger partial charge >= 0.3 is 0 Å². The molecule has 2 aromatic rings. The van der Waals surface area contributed by atoms with Gasteiger partial charge in [-0.3, -0.25) is 0 Å². The average molecular weight is 306 g/mol. The van der Waals surface area contributed by atoms with E-state index in [0.717, 1.165) is 21.2 Å². The highest BCUT2D eigenvalue weighted by Gasteiger charge is 2.24. The van der Waals surface area contributed by atoms with Crippen LogP contribution in [-0.2, 0) is 5.60 Å². The molecule has 0 aromatic heterocycles. The number of halogens is 1. The number of anilines is 1. The molecule has 2 aromatic carbocycles. The predicted octanol–water partition coefficient (Wildman–Crippen LogP) is 3.93. The summed E-state index contributed by atoms with van der Waals surface area (Å²) in [5, 5.41) is 10.3. The van der Waals surface area contributed by atoms with Crippen LogP contribution in [0.25, 0.3) is 11.1 Å². The van der Waals surface area contributed by atoms with Gasteiger partial charge in [-0.15, -0.1) is 0 Å². The molecule has 94 valence electrons. The zero-order valence-electron chi connectivity index (χ0n) is 10.4. The summed E-state index contributed by atoms with van der Waals surface area (Å²) in [4.78, 5) is 0. The van der Waals surface area contributed by atoms with Crippen LogP contribution in [0.2, 0.25) is 0 Å². The second-order valence-electron chi connectivity index (χ2n) is 4.85. The molecule has 0 saturated heterocycles. The van der Waals surface area contributed by atoms with Gasteiger partial charge in [0.1, 0.15) is 0 Å². The van der Waals surface area contributed by atoms with E-state index in [2.05, 4.69) is 15.9 Å². The third-order valence-corrected chi connectivity index (χ3v) is 3.43. The van der Waals surface area contributed by atoms with E-state index >= 15 is 0 Å². The Hall–Kier alpha value is -1.32. The average Bonchev–Trinajstić information content (AvgIpc) is 2.27. The number of hydrogen-bond donors (Lipinski definition) is 2. The van der Waals surface area contributed by atoms with E-state index in [9.17, 15) is 5.11 Å². The molecule has 0 atom stereocenters. The molecule has 0 aliphatic heterocycles. The molecule has 0 bridgehead atoms. The number of nitrogen functional groups attached to an aromatic ring is 1. The molecule has 2 nitrogen and oxygen atoms in total. The molecule has 0 radical (unpaired) electrons. The molecule has 0 spiro atoms. The minimum absolute atomic E-state index is 0.675. The van der Waals surface area contributed by atoms with Crippen molar-refractivity contribution >= 4 is 21.6 Å². The topological polar surface area (TPSA) is 46.2 Å². The summed E-state index contributed by atoms with van der Waals surface area (Å²) in [6.07, 6.45) is 0. The largest absolute Gasteiger partial charge is 0.399 e. The maximum absolute atomic E-state index is 10.3. The maximum Gasteiger partial charge on any atom is 0.0857 e. The van der Waals surface area contributed by atoms with Crippen LogP contribution in [0, 0.1) is 0 Å². The van der Waals surface area contributed by atoms with Crippen LogP contribution in [0.3, 0.4) is 0 Å².